The molecule has 0 N–H and O–H groups in total. The first kappa shape index (κ1) is 31.6. The first-order valence-electron chi connectivity index (χ1n) is 18.4. The Labute approximate surface area is 314 Å². The smallest absolute Gasteiger partial charge is 0.159 e. The van der Waals surface area contributed by atoms with Crippen molar-refractivity contribution in [3.63, 3.8) is 0 Å². The minimum atomic E-state index is 0.857. The van der Waals surface area contributed by atoms with Crippen molar-refractivity contribution >= 4 is 49.8 Å². The van der Waals surface area contributed by atoms with Crippen LogP contribution in [0.15, 0.2) is 217 Å². The van der Waals surface area contributed by atoms with Crippen molar-refractivity contribution in [2.45, 2.75) is 0 Å². The van der Waals surface area contributed by atoms with E-state index in [0.717, 1.165) is 50.1 Å². The van der Waals surface area contributed by atoms with E-state index in [4.69, 9.17) is 4.42 Å². The largest absolute Gasteiger partial charge is 0.454 e. The van der Waals surface area contributed by atoms with E-state index >= 15 is 0 Å². The molecule has 10 rings (SSSR count). The first-order chi connectivity index (χ1) is 26.8. The Bertz CT molecular complexity index is 2890. The van der Waals surface area contributed by atoms with Crippen LogP contribution in [0.1, 0.15) is 0 Å². The van der Waals surface area contributed by atoms with Gasteiger partial charge in [-0.2, -0.15) is 0 Å². The summed E-state index contributed by atoms with van der Waals surface area (Å²) in [7, 11) is 0. The number of para-hydroxylation sites is 1. The summed E-state index contributed by atoms with van der Waals surface area (Å²) in [5, 5.41) is 4.57. The molecule has 0 saturated carbocycles. The van der Waals surface area contributed by atoms with Gasteiger partial charge in [-0.3, -0.25) is 0 Å². The molecule has 9 aromatic carbocycles. The van der Waals surface area contributed by atoms with Crippen LogP contribution >= 0.6 is 0 Å². The molecule has 0 spiro atoms. The highest BCUT2D eigenvalue weighted by molar-refractivity contribution is 6.13. The summed E-state index contributed by atoms with van der Waals surface area (Å²) in [4.78, 5) is 2.34. The standard InChI is InChI=1S/C52H35NO/c1-4-13-36(14-5-1)38-23-25-41(26-24-38)48-35-45(31-32-46(48)40-17-8-3-9-18-40)53(44-29-27-39(28-30-44)37-15-6-2-7-16-37)50-22-12-21-47-49-33-42-19-10-11-20-43(42)34-51(49)54-52(47)50/h1-35H. The van der Waals surface area contributed by atoms with E-state index in [1.54, 1.807) is 0 Å². The average Bonchev–Trinajstić information content (AvgIpc) is 3.62. The summed E-state index contributed by atoms with van der Waals surface area (Å²) in [6.07, 6.45) is 0. The lowest BCUT2D eigenvalue weighted by molar-refractivity contribution is 0.669. The molecule has 2 nitrogen and oxygen atoms in total. The summed E-state index contributed by atoms with van der Waals surface area (Å²) in [5.74, 6) is 0. The summed E-state index contributed by atoms with van der Waals surface area (Å²) in [5.41, 5.74) is 14.3. The van der Waals surface area contributed by atoms with Crippen molar-refractivity contribution in [2.24, 2.45) is 0 Å². The van der Waals surface area contributed by atoms with E-state index in [9.17, 15) is 0 Å². The highest BCUT2D eigenvalue weighted by atomic mass is 16.3. The highest BCUT2D eigenvalue weighted by Crippen LogP contribution is 2.45. The molecule has 0 radical (unpaired) electrons. The summed E-state index contributed by atoms with van der Waals surface area (Å²) in [6.45, 7) is 0. The van der Waals surface area contributed by atoms with Gasteiger partial charge in [-0.1, -0.05) is 170 Å². The van der Waals surface area contributed by atoms with Crippen LogP contribution in [0.25, 0.3) is 77.2 Å². The van der Waals surface area contributed by atoms with E-state index < -0.39 is 0 Å². The Balaban J connectivity index is 1.18. The molecule has 10 aromatic rings. The maximum Gasteiger partial charge on any atom is 0.159 e. The second kappa shape index (κ2) is 13.4. The fourth-order valence-corrected chi connectivity index (χ4v) is 7.76. The molecule has 1 heterocycles. The number of furan rings is 1. The van der Waals surface area contributed by atoms with Crippen molar-refractivity contribution in [1.29, 1.82) is 0 Å². The molecule has 0 atom stereocenters. The molecule has 0 bridgehead atoms. The molecule has 0 saturated heterocycles. The van der Waals surface area contributed by atoms with Crippen LogP contribution in [0.3, 0.4) is 0 Å². The number of rotatable bonds is 7. The SMILES string of the molecule is c1ccc(-c2ccc(-c3cc(N(c4ccc(-c5ccccc5)cc4)c4cccc5c4oc4cc6ccccc6cc45)ccc3-c3ccccc3)cc2)cc1. The second-order valence-electron chi connectivity index (χ2n) is 13.7. The fourth-order valence-electron chi connectivity index (χ4n) is 7.76. The van der Waals surface area contributed by atoms with Crippen LogP contribution in [-0.2, 0) is 0 Å². The van der Waals surface area contributed by atoms with Crippen molar-refractivity contribution in [2.75, 3.05) is 4.90 Å². The number of fused-ring (bicyclic) bond motifs is 4. The van der Waals surface area contributed by atoms with Crippen molar-refractivity contribution < 1.29 is 4.42 Å². The van der Waals surface area contributed by atoms with E-state index in [1.807, 2.05) is 0 Å². The summed E-state index contributed by atoms with van der Waals surface area (Å²) < 4.78 is 6.83. The quantitative estimate of drug-likeness (QED) is 0.166. The van der Waals surface area contributed by atoms with Gasteiger partial charge < -0.3 is 9.32 Å². The van der Waals surface area contributed by atoms with Gasteiger partial charge in [0.2, 0.25) is 0 Å². The fraction of sp³-hybridized carbons (Fsp3) is 0. The van der Waals surface area contributed by atoms with Gasteiger partial charge in [0, 0.05) is 22.1 Å². The molecule has 54 heavy (non-hydrogen) atoms. The third-order valence-electron chi connectivity index (χ3n) is 10.5. The van der Waals surface area contributed by atoms with Crippen LogP contribution in [0.4, 0.5) is 17.1 Å². The molecule has 2 heteroatoms. The van der Waals surface area contributed by atoms with Gasteiger partial charge in [0.1, 0.15) is 5.58 Å². The van der Waals surface area contributed by atoms with E-state index in [0.29, 0.717) is 0 Å². The molecule has 0 aliphatic carbocycles. The summed E-state index contributed by atoms with van der Waals surface area (Å²) in [6, 6.07) is 75.8. The van der Waals surface area contributed by atoms with Crippen LogP contribution < -0.4 is 4.90 Å². The number of nitrogens with zero attached hydrogens (tertiary/aromatic N) is 1. The predicted octanol–water partition coefficient (Wildman–Crippen LogP) is 14.9. The Hall–Kier alpha value is -7.16. The maximum atomic E-state index is 6.83. The normalized spacial score (nSPS) is 11.3. The number of hydrogen-bond donors (Lipinski definition) is 0. The van der Waals surface area contributed by atoms with E-state index in [-0.39, 0.29) is 0 Å². The van der Waals surface area contributed by atoms with Crippen LogP contribution in [0.5, 0.6) is 0 Å². The highest BCUT2D eigenvalue weighted by Gasteiger charge is 2.21. The van der Waals surface area contributed by atoms with Gasteiger partial charge in [0.15, 0.2) is 5.58 Å². The van der Waals surface area contributed by atoms with Gasteiger partial charge >= 0.3 is 0 Å². The molecule has 0 fully saturated rings. The molecule has 1 aromatic heterocycles. The van der Waals surface area contributed by atoms with Crippen LogP contribution in [0, 0.1) is 0 Å². The van der Waals surface area contributed by atoms with Gasteiger partial charge in [-0.25, -0.2) is 0 Å². The molecule has 254 valence electrons. The van der Waals surface area contributed by atoms with E-state index in [1.165, 1.54) is 44.2 Å². The number of benzene rings is 9. The Kier molecular flexibility index (Phi) is 7.85. The lowest BCUT2D eigenvalue weighted by atomic mass is 9.92. The molecular formula is C52H35NO. The Morgan fingerprint density at radius 1 is 0.315 bits per heavy atom. The zero-order valence-electron chi connectivity index (χ0n) is 29.6. The Morgan fingerprint density at radius 2 is 0.815 bits per heavy atom. The summed E-state index contributed by atoms with van der Waals surface area (Å²) >= 11 is 0. The minimum absolute atomic E-state index is 0.857. The lowest BCUT2D eigenvalue weighted by Gasteiger charge is -2.27. The molecular weight excluding hydrogens is 655 g/mol. The molecule has 0 aliphatic heterocycles. The maximum absolute atomic E-state index is 6.83. The lowest BCUT2D eigenvalue weighted by Crippen LogP contribution is -2.10. The van der Waals surface area contributed by atoms with Crippen LogP contribution in [0.2, 0.25) is 0 Å². The Morgan fingerprint density at radius 3 is 1.46 bits per heavy atom. The molecule has 0 aliphatic rings. The average molecular weight is 690 g/mol. The van der Waals surface area contributed by atoms with Crippen LogP contribution in [-0.4, -0.2) is 0 Å². The van der Waals surface area contributed by atoms with Gasteiger partial charge in [-0.05, 0) is 97.7 Å². The molecule has 0 amide bonds. The van der Waals surface area contributed by atoms with Gasteiger partial charge in [-0.15, -0.1) is 0 Å². The van der Waals surface area contributed by atoms with Gasteiger partial charge in [0.05, 0.1) is 5.69 Å². The van der Waals surface area contributed by atoms with Crippen molar-refractivity contribution in [3.8, 4) is 44.5 Å². The second-order valence-corrected chi connectivity index (χ2v) is 13.7. The molecule has 0 unspecified atom stereocenters. The van der Waals surface area contributed by atoms with Gasteiger partial charge in [0.25, 0.3) is 0 Å². The third kappa shape index (κ3) is 5.71. The zero-order chi connectivity index (χ0) is 35.8. The van der Waals surface area contributed by atoms with E-state index in [2.05, 4.69) is 217 Å². The number of hydrogen-bond acceptors (Lipinski definition) is 2. The minimum Gasteiger partial charge on any atom is -0.454 e. The zero-order valence-corrected chi connectivity index (χ0v) is 29.6. The topological polar surface area (TPSA) is 16.4 Å². The first-order valence-corrected chi connectivity index (χ1v) is 18.4. The van der Waals surface area contributed by atoms with Crippen molar-refractivity contribution in [3.05, 3.63) is 212 Å². The number of anilines is 3. The van der Waals surface area contributed by atoms with Crippen molar-refractivity contribution in [1.82, 2.24) is 0 Å². The predicted molar refractivity (Wildman–Crippen MR) is 228 cm³/mol. The third-order valence-corrected chi connectivity index (χ3v) is 10.5. The monoisotopic (exact) mass is 689 g/mol.